The molecule has 0 spiro atoms. The molecule has 3 aromatic carbocycles. The van der Waals surface area contributed by atoms with Crippen LogP contribution in [0.5, 0.6) is 0 Å². The normalized spacial score (nSPS) is 24.4. The topological polar surface area (TPSA) is 0 Å². The Kier molecular flexibility index (Phi) is 14.1. The molecule has 0 amide bonds. The van der Waals surface area contributed by atoms with Gasteiger partial charge in [0.2, 0.25) is 0 Å². The average Bonchev–Trinajstić information content (AvgIpc) is 3.68. The maximum Gasteiger partial charge on any atom is -0.172 e. The summed E-state index contributed by atoms with van der Waals surface area (Å²) in [4.78, 5) is 0. The van der Waals surface area contributed by atoms with E-state index in [1.165, 1.54) is 66.4 Å². The van der Waals surface area contributed by atoms with Gasteiger partial charge in [0, 0.05) is 0 Å². The molecular formula is C40H50Cl2SiZr-2. The maximum absolute atomic E-state index is 2.60. The monoisotopic (exact) mass is 718 g/mol. The van der Waals surface area contributed by atoms with Crippen LogP contribution in [-0.4, -0.2) is 5.43 Å². The Balaban J connectivity index is 0.000000205. The summed E-state index contributed by atoms with van der Waals surface area (Å²) in [6.07, 6.45) is 12.6. The van der Waals surface area contributed by atoms with Crippen molar-refractivity contribution in [1.82, 2.24) is 0 Å². The zero-order valence-corrected chi connectivity index (χ0v) is 32.6. The fourth-order valence-corrected chi connectivity index (χ4v) is 11.9. The molecule has 0 aromatic heterocycles. The van der Waals surface area contributed by atoms with Gasteiger partial charge in [0.1, 0.15) is 0 Å². The summed E-state index contributed by atoms with van der Waals surface area (Å²) in [7, 11) is 0. The van der Waals surface area contributed by atoms with Crippen molar-refractivity contribution in [3.05, 3.63) is 119 Å². The van der Waals surface area contributed by atoms with E-state index in [1.54, 1.807) is 29.3 Å². The van der Waals surface area contributed by atoms with Crippen LogP contribution in [-0.2, 0) is 23.3 Å². The summed E-state index contributed by atoms with van der Waals surface area (Å²) in [5.41, 5.74) is 8.21. The second-order valence-electron chi connectivity index (χ2n) is 13.9. The third-order valence-electron chi connectivity index (χ3n) is 10.9. The van der Waals surface area contributed by atoms with Crippen LogP contribution < -0.4 is 35.2 Å². The smallest absolute Gasteiger partial charge is 0.172 e. The second-order valence-corrected chi connectivity index (χ2v) is 19.5. The Morgan fingerprint density at radius 3 is 2.02 bits per heavy atom. The Morgan fingerprint density at radius 2 is 1.48 bits per heavy atom. The van der Waals surface area contributed by atoms with Crippen LogP contribution in [0.2, 0.25) is 0 Å². The van der Waals surface area contributed by atoms with Gasteiger partial charge in [-0.15, -0.1) is 6.92 Å². The predicted octanol–water partition coefficient (Wildman–Crippen LogP) is 3.47. The van der Waals surface area contributed by atoms with Crippen LogP contribution in [0.3, 0.4) is 0 Å². The van der Waals surface area contributed by atoms with Crippen LogP contribution in [0, 0.1) is 48.9 Å². The number of hydrogen-bond acceptors (Lipinski definition) is 0. The van der Waals surface area contributed by atoms with Gasteiger partial charge in [-0.25, -0.2) is 29.2 Å². The van der Waals surface area contributed by atoms with Gasteiger partial charge < -0.3 is 24.8 Å². The van der Waals surface area contributed by atoms with E-state index in [-0.39, 0.29) is 24.8 Å². The van der Waals surface area contributed by atoms with E-state index in [1.807, 2.05) is 47.1 Å². The molecular weight excluding hydrogens is 671 g/mol. The molecule has 0 radical (unpaired) electrons. The van der Waals surface area contributed by atoms with Crippen LogP contribution in [0.4, 0.5) is 0 Å². The van der Waals surface area contributed by atoms with Crippen molar-refractivity contribution in [2.75, 3.05) is 0 Å². The Bertz CT molecular complexity index is 1370. The number of halogens is 2. The first-order chi connectivity index (χ1) is 20.2. The van der Waals surface area contributed by atoms with E-state index >= 15 is 0 Å². The first kappa shape index (κ1) is 37.3. The van der Waals surface area contributed by atoms with E-state index < -0.39 is 5.43 Å². The van der Waals surface area contributed by atoms with Crippen molar-refractivity contribution in [3.8, 4) is 0 Å². The number of fused-ring (bicyclic) bond motifs is 4. The fraction of sp³-hybridized carbons (Fsp3) is 0.450. The summed E-state index contributed by atoms with van der Waals surface area (Å²) in [6.45, 7) is 14.3. The third-order valence-corrected chi connectivity index (χ3v) is 17.0. The zero-order valence-electron chi connectivity index (χ0n) is 27.6. The molecule has 4 heteroatoms. The second kappa shape index (κ2) is 16.6. The summed E-state index contributed by atoms with van der Waals surface area (Å²) in [5, 5.41) is 3.07. The molecule has 0 heterocycles. The minimum Gasteiger partial charge on any atom is -1.00 e. The minimum atomic E-state index is -0.499. The Hall–Kier alpha value is -1.18. The summed E-state index contributed by atoms with van der Waals surface area (Å²) in [5.74, 6) is 5.32. The van der Waals surface area contributed by atoms with Crippen molar-refractivity contribution >= 4 is 15.8 Å². The van der Waals surface area contributed by atoms with Crippen molar-refractivity contribution < 1.29 is 48.1 Å². The molecule has 3 aromatic rings. The van der Waals surface area contributed by atoms with Crippen molar-refractivity contribution in [2.24, 2.45) is 29.1 Å². The summed E-state index contributed by atoms with van der Waals surface area (Å²) < 4.78 is 0. The average molecular weight is 721 g/mol. The molecule has 2 fully saturated rings. The van der Waals surface area contributed by atoms with Gasteiger partial charge in [-0.3, -0.25) is 0 Å². The van der Waals surface area contributed by atoms with E-state index in [0.717, 1.165) is 23.7 Å². The maximum atomic E-state index is 2.60. The van der Waals surface area contributed by atoms with E-state index in [2.05, 4.69) is 96.1 Å². The van der Waals surface area contributed by atoms with Gasteiger partial charge in [-0.1, -0.05) is 68.9 Å². The fourth-order valence-electron chi connectivity index (χ4n) is 7.99. The first-order valence-corrected chi connectivity index (χ1v) is 21.5. The van der Waals surface area contributed by atoms with Gasteiger partial charge in [-0.05, 0) is 37.5 Å². The number of rotatable bonds is 2. The molecule has 0 saturated heterocycles. The summed E-state index contributed by atoms with van der Waals surface area (Å²) >= 11 is 1.65. The van der Waals surface area contributed by atoms with Gasteiger partial charge in [0.25, 0.3) is 0 Å². The SMILES string of the molecule is C[C-]1C2=C3CC4=CCCCC4C3CCC2CC(C)C1(C)C.Cc1cccc([Si](=[Zr+2])c2cccc(C)c2)c1.[Cl-].[Cl-].c1cc[cH-]c1. The molecule has 7 rings (SSSR count). The third kappa shape index (κ3) is 8.39. The van der Waals surface area contributed by atoms with Crippen LogP contribution in [0.15, 0.2) is 102 Å². The number of benzene rings is 2. The molecule has 44 heavy (non-hydrogen) atoms. The van der Waals surface area contributed by atoms with Gasteiger partial charge in [0.05, 0.1) is 0 Å². The molecule has 4 aliphatic rings. The van der Waals surface area contributed by atoms with Crippen LogP contribution >= 0.6 is 0 Å². The van der Waals surface area contributed by atoms with Crippen molar-refractivity contribution in [2.45, 2.75) is 86.5 Å². The van der Waals surface area contributed by atoms with E-state index in [4.69, 9.17) is 0 Å². The molecule has 234 valence electrons. The van der Waals surface area contributed by atoms with Crippen molar-refractivity contribution in [1.29, 1.82) is 0 Å². The molecule has 4 atom stereocenters. The van der Waals surface area contributed by atoms with E-state index in [9.17, 15) is 0 Å². The van der Waals surface area contributed by atoms with Crippen LogP contribution in [0.25, 0.3) is 0 Å². The Labute approximate surface area is 296 Å². The Morgan fingerprint density at radius 1 is 0.864 bits per heavy atom. The number of aryl methyl sites for hydroxylation is 2. The first-order valence-electron chi connectivity index (χ1n) is 16.3. The van der Waals surface area contributed by atoms with Crippen LogP contribution in [0.1, 0.15) is 83.8 Å². The van der Waals surface area contributed by atoms with Crippen molar-refractivity contribution in [3.63, 3.8) is 0 Å². The predicted molar refractivity (Wildman–Crippen MR) is 179 cm³/mol. The molecule has 4 unspecified atom stereocenters. The standard InChI is InChI=1S/C21H31.C14H14Si.C5H5.2ClH.Zr/c1-13-11-16-9-10-18-17-8-6-5-7-15(17)12-19(18)20(16)14(2)21(13,3)4;1-11-5-3-7-13(9-11)15-14-8-4-6-12(2)10-14;1-2-4-5-3-1;;;/h7,13,16-18H,5-6,8-12H2,1-4H3;3-10H,1-2H3;1-5H;2*1H;/q-1;;-1;;;+2/p-2. The quantitative estimate of drug-likeness (QED) is 0.216. The minimum absolute atomic E-state index is 0. The molecule has 0 aliphatic heterocycles. The molecule has 0 nitrogen and oxygen atoms in total. The number of allylic oxidation sites excluding steroid dienone is 4. The molecule has 2 saturated carbocycles. The zero-order chi connectivity index (χ0) is 29.9. The van der Waals surface area contributed by atoms with Gasteiger partial charge in [-0.2, -0.15) is 18.2 Å². The molecule has 0 bridgehead atoms. The molecule has 0 N–H and O–H groups in total. The van der Waals surface area contributed by atoms with Gasteiger partial charge in [0.15, 0.2) is 0 Å². The van der Waals surface area contributed by atoms with Gasteiger partial charge >= 0.3 is 113 Å². The van der Waals surface area contributed by atoms with E-state index in [0.29, 0.717) is 5.41 Å². The summed E-state index contributed by atoms with van der Waals surface area (Å²) in [6, 6.07) is 27.9. The number of hydrogen-bond donors (Lipinski definition) is 0. The molecule has 4 aliphatic carbocycles. The largest absolute Gasteiger partial charge is 1.00 e.